The maximum absolute atomic E-state index is 15.2. The summed E-state index contributed by atoms with van der Waals surface area (Å²) in [4.78, 5) is 52.8. The Balaban J connectivity index is 0.827. The molecule has 15 nitrogen and oxygen atoms in total. The summed E-state index contributed by atoms with van der Waals surface area (Å²) in [6.07, 6.45) is 15.7. The predicted octanol–water partition coefficient (Wildman–Crippen LogP) is 4.37. The van der Waals surface area contributed by atoms with Gasteiger partial charge in [-0.1, -0.05) is 0 Å². The van der Waals surface area contributed by atoms with Crippen molar-refractivity contribution in [2.24, 2.45) is 5.92 Å². The number of piperidine rings is 2. The first kappa shape index (κ1) is 37.4. The van der Waals surface area contributed by atoms with E-state index in [1.165, 1.54) is 12.3 Å². The van der Waals surface area contributed by atoms with Crippen molar-refractivity contribution in [3.8, 4) is 5.75 Å². The Hall–Kier alpha value is -5.48. The van der Waals surface area contributed by atoms with Crippen molar-refractivity contribution in [2.75, 3.05) is 36.4 Å². The minimum atomic E-state index is -0.898. The number of ether oxygens (including phenoxy) is 1. The second-order valence-electron chi connectivity index (χ2n) is 15.7. The average Bonchev–Trinajstić information content (AvgIpc) is 3.79. The van der Waals surface area contributed by atoms with Crippen LogP contribution in [0.25, 0.3) is 11.3 Å². The topological polar surface area (TPSA) is 180 Å². The predicted molar refractivity (Wildman–Crippen MR) is 205 cm³/mol. The normalized spacial score (nSPS) is 21.4. The standard InChI is InChI=1S/C40H47FN10O5/c1-24(2)56-33-17-34-46-32(22-50(34)21-29(33)39(54)47-31-20-45-51-13-3-12-43-37(31)51)26-6-4-25(5-7-26)18-42-23-40(55)10-14-49(15-11-40)36-30(41)16-27(19-44-36)28-8-9-35(52)48-38(28)53/h3,12-13,16-17,19-22,24-26,28,42,55H,4-11,14-15,18,23H2,1-2H3,(H,47,54)(H,48,52,53)/t25-,26-,28?. The Morgan fingerprint density at radius 3 is 2.64 bits per heavy atom. The van der Waals surface area contributed by atoms with E-state index in [0.717, 1.165) is 43.6 Å². The molecule has 1 saturated carbocycles. The SMILES string of the molecule is CC(C)Oc1cc2nc([C@H]3CC[C@H](CNCC4(O)CCN(c5ncc(C6CCC(=O)NC6=O)cc5F)CC4)CC3)cn2cc1C(=O)Nc1cnn2cccnc12. The molecule has 8 rings (SSSR count). The fourth-order valence-corrected chi connectivity index (χ4v) is 8.22. The molecule has 0 aromatic carbocycles. The van der Waals surface area contributed by atoms with E-state index in [1.54, 1.807) is 35.4 Å². The molecule has 2 aliphatic heterocycles. The van der Waals surface area contributed by atoms with Gasteiger partial charge in [0, 0.05) is 69.0 Å². The summed E-state index contributed by atoms with van der Waals surface area (Å²) in [6.45, 7) is 6.02. The summed E-state index contributed by atoms with van der Waals surface area (Å²) in [5.74, 6) is -0.723. The van der Waals surface area contributed by atoms with Crippen LogP contribution in [0.1, 0.15) is 98.7 Å². The summed E-state index contributed by atoms with van der Waals surface area (Å²) >= 11 is 0. The average molecular weight is 767 g/mol. The second-order valence-corrected chi connectivity index (χ2v) is 15.7. The molecule has 0 spiro atoms. The first-order chi connectivity index (χ1) is 27.0. The van der Waals surface area contributed by atoms with E-state index in [2.05, 4.69) is 31.0 Å². The number of imide groups is 1. The highest BCUT2D eigenvalue weighted by Gasteiger charge is 2.35. The van der Waals surface area contributed by atoms with Gasteiger partial charge < -0.3 is 29.8 Å². The molecule has 294 valence electrons. The van der Waals surface area contributed by atoms with Crippen LogP contribution in [0.4, 0.5) is 15.9 Å². The molecule has 5 aromatic heterocycles. The van der Waals surface area contributed by atoms with Gasteiger partial charge in [-0.25, -0.2) is 23.9 Å². The number of fused-ring (bicyclic) bond motifs is 2. The smallest absolute Gasteiger partial charge is 0.261 e. The summed E-state index contributed by atoms with van der Waals surface area (Å²) in [6, 6.07) is 4.94. The van der Waals surface area contributed by atoms with E-state index in [4.69, 9.17) is 9.72 Å². The number of carbonyl (C=O) groups is 3. The molecule has 5 aromatic rings. The van der Waals surface area contributed by atoms with Crippen molar-refractivity contribution in [3.05, 3.63) is 78.0 Å². The van der Waals surface area contributed by atoms with Gasteiger partial charge in [0.2, 0.25) is 11.8 Å². The highest BCUT2D eigenvalue weighted by molar-refractivity contribution is 6.07. The Kier molecular flexibility index (Phi) is 10.4. The lowest BCUT2D eigenvalue weighted by Gasteiger charge is -2.39. The number of hydrogen-bond donors (Lipinski definition) is 4. The van der Waals surface area contributed by atoms with Crippen LogP contribution < -0.4 is 25.6 Å². The Labute approximate surface area is 323 Å². The number of nitrogens with one attached hydrogen (secondary N) is 3. The lowest BCUT2D eigenvalue weighted by molar-refractivity contribution is -0.134. The number of aliphatic hydroxyl groups is 1. The first-order valence-electron chi connectivity index (χ1n) is 19.5. The number of anilines is 2. The Bertz CT molecular complexity index is 2260. The van der Waals surface area contributed by atoms with Crippen LogP contribution in [0, 0.1) is 11.7 Å². The van der Waals surface area contributed by atoms with Crippen LogP contribution >= 0.6 is 0 Å². The highest BCUT2D eigenvalue weighted by atomic mass is 19.1. The van der Waals surface area contributed by atoms with E-state index in [0.29, 0.717) is 78.9 Å². The number of nitrogens with zero attached hydrogens (tertiary/aromatic N) is 7. The molecule has 56 heavy (non-hydrogen) atoms. The van der Waals surface area contributed by atoms with Gasteiger partial charge in [-0.15, -0.1) is 0 Å². The number of hydrogen-bond acceptors (Lipinski definition) is 11. The lowest BCUT2D eigenvalue weighted by Crippen LogP contribution is -2.51. The number of imidazole rings is 1. The third-order valence-corrected chi connectivity index (χ3v) is 11.3. The third kappa shape index (κ3) is 7.93. The van der Waals surface area contributed by atoms with Crippen molar-refractivity contribution in [2.45, 2.75) is 88.8 Å². The molecule has 1 aliphatic carbocycles. The number of amides is 3. The van der Waals surface area contributed by atoms with E-state index < -0.39 is 23.2 Å². The fraction of sp³-hybridized carbons (Fsp3) is 0.475. The number of carbonyl (C=O) groups excluding carboxylic acids is 3. The van der Waals surface area contributed by atoms with Gasteiger partial charge in [0.1, 0.15) is 17.1 Å². The van der Waals surface area contributed by atoms with E-state index in [1.807, 2.05) is 35.4 Å². The number of aromatic nitrogens is 6. The minimum Gasteiger partial charge on any atom is -0.490 e. The van der Waals surface area contributed by atoms with Crippen LogP contribution in [0.15, 0.2) is 55.4 Å². The Morgan fingerprint density at radius 1 is 1.09 bits per heavy atom. The molecule has 3 amide bonds. The molecule has 1 unspecified atom stereocenters. The van der Waals surface area contributed by atoms with Crippen molar-refractivity contribution in [1.29, 1.82) is 0 Å². The molecular weight excluding hydrogens is 720 g/mol. The van der Waals surface area contributed by atoms with Crippen LogP contribution in [0.2, 0.25) is 0 Å². The van der Waals surface area contributed by atoms with E-state index in [9.17, 15) is 19.5 Å². The molecule has 3 fully saturated rings. The van der Waals surface area contributed by atoms with Gasteiger partial charge in [0.15, 0.2) is 17.3 Å². The van der Waals surface area contributed by atoms with Crippen LogP contribution in [0.3, 0.4) is 0 Å². The van der Waals surface area contributed by atoms with E-state index in [-0.39, 0.29) is 30.2 Å². The summed E-state index contributed by atoms with van der Waals surface area (Å²) in [5.41, 5.74) is 2.71. The number of pyridine rings is 2. The zero-order valence-corrected chi connectivity index (χ0v) is 31.6. The van der Waals surface area contributed by atoms with Gasteiger partial charge in [0.25, 0.3) is 5.91 Å². The molecule has 1 atom stereocenters. The summed E-state index contributed by atoms with van der Waals surface area (Å²) in [7, 11) is 0. The van der Waals surface area contributed by atoms with Crippen LogP contribution in [0.5, 0.6) is 5.75 Å². The molecule has 0 radical (unpaired) electrons. The summed E-state index contributed by atoms with van der Waals surface area (Å²) in [5, 5.41) is 24.4. The molecule has 0 bridgehead atoms. The number of rotatable bonds is 11. The van der Waals surface area contributed by atoms with E-state index >= 15 is 4.39 Å². The zero-order chi connectivity index (χ0) is 39.0. The lowest BCUT2D eigenvalue weighted by atomic mass is 9.80. The van der Waals surface area contributed by atoms with Gasteiger partial charge in [-0.3, -0.25) is 19.7 Å². The first-order valence-corrected chi connectivity index (χ1v) is 19.5. The van der Waals surface area contributed by atoms with Crippen molar-refractivity contribution in [3.63, 3.8) is 0 Å². The van der Waals surface area contributed by atoms with Crippen molar-refractivity contribution in [1.82, 2.24) is 39.6 Å². The van der Waals surface area contributed by atoms with Crippen LogP contribution in [-0.2, 0) is 9.59 Å². The summed E-state index contributed by atoms with van der Waals surface area (Å²) < 4.78 is 24.8. The van der Waals surface area contributed by atoms with Gasteiger partial charge >= 0.3 is 0 Å². The van der Waals surface area contributed by atoms with Crippen molar-refractivity contribution >= 4 is 40.5 Å². The molecular formula is C40H47FN10O5. The van der Waals surface area contributed by atoms with Crippen LogP contribution in [-0.4, -0.2) is 89.7 Å². The monoisotopic (exact) mass is 766 g/mol. The minimum absolute atomic E-state index is 0.144. The molecule has 16 heteroatoms. The molecule has 2 saturated heterocycles. The third-order valence-electron chi connectivity index (χ3n) is 11.3. The maximum Gasteiger partial charge on any atom is 0.261 e. The fourth-order valence-electron chi connectivity index (χ4n) is 8.22. The number of halogens is 1. The van der Waals surface area contributed by atoms with Gasteiger partial charge in [0.05, 0.1) is 35.1 Å². The molecule has 3 aliphatic rings. The molecule has 7 heterocycles. The largest absolute Gasteiger partial charge is 0.490 e. The van der Waals surface area contributed by atoms with Gasteiger partial charge in [-0.2, -0.15) is 5.10 Å². The van der Waals surface area contributed by atoms with Crippen molar-refractivity contribution < 1.29 is 28.6 Å². The maximum atomic E-state index is 15.2. The zero-order valence-electron chi connectivity index (χ0n) is 31.6. The van der Waals surface area contributed by atoms with Gasteiger partial charge in [-0.05, 0) is 89.0 Å². The Morgan fingerprint density at radius 2 is 1.89 bits per heavy atom. The quantitative estimate of drug-likeness (QED) is 0.140. The molecule has 4 N–H and O–H groups in total. The second kappa shape index (κ2) is 15.6. The highest BCUT2D eigenvalue weighted by Crippen LogP contribution is 2.36.